The summed E-state index contributed by atoms with van der Waals surface area (Å²) < 4.78 is 50.6. The number of ether oxygens (including phenoxy) is 2. The molecule has 0 amide bonds. The third-order valence-electron chi connectivity index (χ3n) is 4.62. The van der Waals surface area contributed by atoms with Crippen LogP contribution in [0.3, 0.4) is 0 Å². The lowest BCUT2D eigenvalue weighted by molar-refractivity contribution is -0.138. The van der Waals surface area contributed by atoms with Gasteiger partial charge in [-0.2, -0.15) is 13.2 Å². The van der Waals surface area contributed by atoms with Gasteiger partial charge in [0.05, 0.1) is 30.4 Å². The van der Waals surface area contributed by atoms with Crippen molar-refractivity contribution in [3.63, 3.8) is 0 Å². The largest absolute Gasteiger partial charge is 0.476 e. The van der Waals surface area contributed by atoms with Crippen LogP contribution in [-0.2, 0) is 15.7 Å². The fraction of sp³-hybridized carbons (Fsp3) is 0.421. The highest BCUT2D eigenvalue weighted by atomic mass is 19.4. The van der Waals surface area contributed by atoms with Gasteiger partial charge in [0.25, 0.3) is 0 Å². The Morgan fingerprint density at radius 1 is 1.24 bits per heavy atom. The highest BCUT2D eigenvalue weighted by Gasteiger charge is 2.34. The number of anilines is 1. The first-order chi connectivity index (χ1) is 13.6. The van der Waals surface area contributed by atoms with Crippen LogP contribution in [0.4, 0.5) is 19.0 Å². The van der Waals surface area contributed by atoms with E-state index in [4.69, 9.17) is 9.47 Å². The molecular formula is C19H20F3N3O4. The van der Waals surface area contributed by atoms with Gasteiger partial charge in [0.1, 0.15) is 11.6 Å². The Hall–Kier alpha value is -2.72. The van der Waals surface area contributed by atoms with Crippen LogP contribution < -0.4 is 5.32 Å². The number of alkyl halides is 3. The molecule has 1 aliphatic heterocycles. The van der Waals surface area contributed by atoms with Crippen molar-refractivity contribution in [3.05, 3.63) is 52.0 Å². The lowest BCUT2D eigenvalue weighted by atomic mass is 9.97. The van der Waals surface area contributed by atoms with Crippen LogP contribution in [0.15, 0.2) is 18.2 Å². The minimum atomic E-state index is -4.47. The fourth-order valence-electron chi connectivity index (χ4n) is 3.32. The van der Waals surface area contributed by atoms with Crippen molar-refractivity contribution in [2.75, 3.05) is 18.5 Å². The SMILES string of the molecule is Cc1nc(N[C@H](C)c2cccc(C(F)(F)F)c2C)c(C2OCCO2)c(C(=O)O)n1. The quantitative estimate of drug-likeness (QED) is 0.767. The third-order valence-corrected chi connectivity index (χ3v) is 4.62. The molecule has 0 radical (unpaired) electrons. The van der Waals surface area contributed by atoms with Gasteiger partial charge in [-0.25, -0.2) is 14.8 Å². The highest BCUT2D eigenvalue weighted by Crippen LogP contribution is 2.37. The first kappa shape index (κ1) is 21.0. The third kappa shape index (κ3) is 4.33. The van der Waals surface area contributed by atoms with E-state index in [0.29, 0.717) is 5.56 Å². The van der Waals surface area contributed by atoms with Crippen LogP contribution in [0.25, 0.3) is 0 Å². The van der Waals surface area contributed by atoms with E-state index < -0.39 is 30.0 Å². The lowest BCUT2D eigenvalue weighted by Gasteiger charge is -2.23. The molecule has 1 aromatic heterocycles. The molecule has 0 aliphatic carbocycles. The maximum Gasteiger partial charge on any atom is 0.416 e. The lowest BCUT2D eigenvalue weighted by Crippen LogP contribution is -2.19. The molecule has 2 aromatic rings. The van der Waals surface area contributed by atoms with Gasteiger partial charge in [-0.3, -0.25) is 0 Å². The second-order valence-electron chi connectivity index (χ2n) is 6.64. The van der Waals surface area contributed by atoms with Gasteiger partial charge in [-0.1, -0.05) is 12.1 Å². The summed E-state index contributed by atoms with van der Waals surface area (Å²) in [7, 11) is 0. The molecular weight excluding hydrogens is 391 g/mol. The van der Waals surface area contributed by atoms with Gasteiger partial charge >= 0.3 is 12.1 Å². The summed E-state index contributed by atoms with van der Waals surface area (Å²) in [4.78, 5) is 19.9. The minimum Gasteiger partial charge on any atom is -0.476 e. The molecule has 1 aromatic carbocycles. The normalized spacial score (nSPS) is 16.1. The second-order valence-corrected chi connectivity index (χ2v) is 6.64. The van der Waals surface area contributed by atoms with E-state index in [1.165, 1.54) is 19.9 Å². The number of hydrogen-bond acceptors (Lipinski definition) is 6. The van der Waals surface area contributed by atoms with Gasteiger partial charge in [0, 0.05) is 0 Å². The predicted octanol–water partition coefficient (Wildman–Crippen LogP) is 4.03. The highest BCUT2D eigenvalue weighted by molar-refractivity contribution is 5.88. The molecule has 0 spiro atoms. The Morgan fingerprint density at radius 3 is 2.48 bits per heavy atom. The number of aryl methyl sites for hydroxylation is 1. The second kappa shape index (κ2) is 7.96. The van der Waals surface area contributed by atoms with E-state index in [-0.39, 0.29) is 41.7 Å². The van der Waals surface area contributed by atoms with Crippen LogP contribution in [0.2, 0.25) is 0 Å². The summed E-state index contributed by atoms with van der Waals surface area (Å²) in [6.07, 6.45) is -5.45. The van der Waals surface area contributed by atoms with Crippen molar-refractivity contribution < 1.29 is 32.5 Å². The van der Waals surface area contributed by atoms with E-state index in [0.717, 1.165) is 6.07 Å². The Kier molecular flexibility index (Phi) is 5.76. The first-order valence-corrected chi connectivity index (χ1v) is 8.88. The van der Waals surface area contributed by atoms with Crippen LogP contribution in [0, 0.1) is 13.8 Å². The number of aromatic carboxylic acids is 1. The summed E-state index contributed by atoms with van der Waals surface area (Å²) in [6.45, 7) is 5.14. The molecule has 0 saturated carbocycles. The van der Waals surface area contributed by atoms with Crippen LogP contribution in [0.1, 0.15) is 57.8 Å². The molecule has 3 rings (SSSR count). The number of nitrogens with zero attached hydrogens (tertiary/aromatic N) is 2. The number of carbonyl (C=O) groups is 1. The fourth-order valence-corrected chi connectivity index (χ4v) is 3.32. The summed E-state index contributed by atoms with van der Waals surface area (Å²) in [5.41, 5.74) is -0.403. The smallest absolute Gasteiger partial charge is 0.416 e. The summed E-state index contributed by atoms with van der Waals surface area (Å²) in [5.74, 6) is -0.943. The van der Waals surface area contributed by atoms with Crippen LogP contribution in [0.5, 0.6) is 0 Å². The molecule has 1 atom stereocenters. The zero-order valence-corrected chi connectivity index (χ0v) is 16.0. The number of hydrogen-bond donors (Lipinski definition) is 2. The Balaban J connectivity index is 2.03. The molecule has 1 saturated heterocycles. The first-order valence-electron chi connectivity index (χ1n) is 8.88. The molecule has 2 N–H and O–H groups in total. The molecule has 1 aliphatic rings. The molecule has 156 valence electrons. The number of carboxylic acids is 1. The van der Waals surface area contributed by atoms with Crippen LogP contribution in [-0.4, -0.2) is 34.3 Å². The number of aromatic nitrogens is 2. The van der Waals surface area contributed by atoms with Crippen molar-refractivity contribution in [1.29, 1.82) is 0 Å². The van der Waals surface area contributed by atoms with E-state index in [1.54, 1.807) is 13.0 Å². The molecule has 1 fully saturated rings. The number of halogens is 3. The van der Waals surface area contributed by atoms with Gasteiger partial charge in [0.15, 0.2) is 12.0 Å². The summed E-state index contributed by atoms with van der Waals surface area (Å²) >= 11 is 0. The van der Waals surface area contributed by atoms with Gasteiger partial charge in [-0.05, 0) is 38.0 Å². The van der Waals surface area contributed by atoms with Crippen molar-refractivity contribution in [3.8, 4) is 0 Å². The maximum atomic E-state index is 13.2. The van der Waals surface area contributed by atoms with Crippen molar-refractivity contribution in [1.82, 2.24) is 9.97 Å². The summed E-state index contributed by atoms with van der Waals surface area (Å²) in [6, 6.07) is 3.33. The Bertz CT molecular complexity index is 928. The van der Waals surface area contributed by atoms with E-state index in [1.807, 2.05) is 0 Å². The van der Waals surface area contributed by atoms with Crippen molar-refractivity contribution >= 4 is 11.8 Å². The Morgan fingerprint density at radius 2 is 1.90 bits per heavy atom. The molecule has 7 nitrogen and oxygen atoms in total. The molecule has 0 unspecified atom stereocenters. The zero-order valence-electron chi connectivity index (χ0n) is 16.0. The number of nitrogens with one attached hydrogen (secondary N) is 1. The average Bonchev–Trinajstić information content (AvgIpc) is 3.14. The minimum absolute atomic E-state index is 0.0825. The van der Waals surface area contributed by atoms with Gasteiger partial charge < -0.3 is 19.9 Å². The topological polar surface area (TPSA) is 93.6 Å². The molecule has 2 heterocycles. The number of rotatable bonds is 5. The molecule has 10 heteroatoms. The number of benzene rings is 1. The Labute approximate surface area is 164 Å². The molecule has 0 bridgehead atoms. The van der Waals surface area contributed by atoms with Crippen LogP contribution >= 0.6 is 0 Å². The maximum absolute atomic E-state index is 13.2. The molecule has 29 heavy (non-hydrogen) atoms. The average molecular weight is 411 g/mol. The van der Waals surface area contributed by atoms with Gasteiger partial charge in [-0.15, -0.1) is 0 Å². The van der Waals surface area contributed by atoms with E-state index in [9.17, 15) is 23.1 Å². The van der Waals surface area contributed by atoms with E-state index >= 15 is 0 Å². The standard InChI is InChI=1S/C19H20F3N3O4/c1-9-12(5-4-6-13(9)19(20,21)22)10(2)23-16-14(18-28-7-8-29-18)15(17(26)27)24-11(3)25-16/h4-6,10,18H,7-8H2,1-3H3,(H,26,27)(H,23,24,25)/t10-/m1/s1. The van der Waals surface area contributed by atoms with Gasteiger partial charge in [0.2, 0.25) is 0 Å². The van der Waals surface area contributed by atoms with Crippen molar-refractivity contribution in [2.24, 2.45) is 0 Å². The number of carboxylic acid groups (broad SMARTS) is 1. The zero-order chi connectivity index (χ0) is 21.3. The van der Waals surface area contributed by atoms with Crippen molar-refractivity contribution in [2.45, 2.75) is 39.3 Å². The monoisotopic (exact) mass is 411 g/mol. The van der Waals surface area contributed by atoms with E-state index in [2.05, 4.69) is 15.3 Å². The summed E-state index contributed by atoms with van der Waals surface area (Å²) in [5, 5.41) is 12.6. The predicted molar refractivity (Wildman–Crippen MR) is 96.6 cm³/mol.